The minimum absolute atomic E-state index is 0. The molecule has 0 aromatic rings. The van der Waals surface area contributed by atoms with E-state index in [1.165, 1.54) is 6.61 Å². The van der Waals surface area contributed by atoms with Gasteiger partial charge in [0.05, 0.1) is 18.3 Å². The second-order valence-corrected chi connectivity index (χ2v) is 3.84. The van der Waals surface area contributed by atoms with Crippen LogP contribution in [0.1, 0.15) is 13.8 Å². The number of fused-ring (bicyclic) bond motifs is 2. The number of aliphatic hydroxyl groups excluding tert-OH is 2. The maximum Gasteiger partial charge on any atom is 0.114 e. The maximum absolute atomic E-state index is 9.67. The van der Waals surface area contributed by atoms with Gasteiger partial charge in [-0.2, -0.15) is 6.61 Å². The van der Waals surface area contributed by atoms with Gasteiger partial charge in [-0.15, -0.1) is 0 Å². The minimum Gasteiger partial charge on any atom is -0.539 e. The fourth-order valence-corrected chi connectivity index (χ4v) is 1.95. The molecule has 74 valence electrons. The van der Waals surface area contributed by atoms with Gasteiger partial charge in [-0.3, -0.25) is 0 Å². The number of hydrogen-bond donors (Lipinski definition) is 2. The molecule has 4 nitrogen and oxygen atoms in total. The molecule has 2 aliphatic heterocycles. The van der Waals surface area contributed by atoms with Crippen molar-refractivity contribution in [2.45, 2.75) is 37.3 Å². The summed E-state index contributed by atoms with van der Waals surface area (Å²) in [6.07, 6.45) is -1.15. The third-order valence-electron chi connectivity index (χ3n) is 2.89. The van der Waals surface area contributed by atoms with Crippen molar-refractivity contribution < 1.29 is 50.8 Å². The zero-order valence-electron chi connectivity index (χ0n) is 7.65. The summed E-state index contributed by atoms with van der Waals surface area (Å²) >= 11 is 0. The minimum atomic E-state index is -0.961. The molecule has 0 saturated carbocycles. The molecule has 0 aromatic carbocycles. The molecule has 0 unspecified atom stereocenters. The molecule has 0 aliphatic carbocycles. The van der Waals surface area contributed by atoms with Gasteiger partial charge in [0.1, 0.15) is 5.60 Å². The van der Waals surface area contributed by atoms with E-state index in [4.69, 9.17) is 14.6 Å². The number of ether oxygens (including phenoxy) is 2. The average molecular weight is 411 g/mol. The Morgan fingerprint density at radius 3 is 2.31 bits per heavy atom. The third-order valence-corrected chi connectivity index (χ3v) is 2.89. The van der Waals surface area contributed by atoms with Crippen LogP contribution in [0.2, 0.25) is 0 Å². The third kappa shape index (κ3) is 1.33. The average Bonchev–Trinajstić information content (AvgIpc) is 2.39. The van der Waals surface area contributed by atoms with Crippen LogP contribution in [0.5, 0.6) is 0 Å². The fraction of sp³-hybridized carbons (Fsp3) is 0.875. The van der Waals surface area contributed by atoms with Crippen LogP contribution in [0.25, 0.3) is 0 Å². The van der Waals surface area contributed by atoms with Crippen LogP contribution in [0.3, 0.4) is 0 Å². The summed E-state index contributed by atoms with van der Waals surface area (Å²) in [5.41, 5.74) is -1.59. The predicted octanol–water partition coefficient (Wildman–Crippen LogP) is -0.552. The second-order valence-electron chi connectivity index (χ2n) is 3.84. The molecule has 0 amide bonds. The molecular weight excluding hydrogens is 398 g/mol. The van der Waals surface area contributed by atoms with Gasteiger partial charge in [-0.05, 0) is 20.0 Å². The SMILES string of the molecule is CC1(C)O[C@H]2[CH-]O[C@]1(CO)[C@H]2O.[U]. The van der Waals surface area contributed by atoms with Crippen LogP contribution in [-0.2, 0) is 9.47 Å². The first-order valence-corrected chi connectivity index (χ1v) is 4.01. The molecule has 0 spiro atoms. The zero-order chi connectivity index (χ0) is 8.98. The summed E-state index contributed by atoms with van der Waals surface area (Å²) in [5, 5.41) is 18.8. The Morgan fingerprint density at radius 1 is 1.46 bits per heavy atom. The van der Waals surface area contributed by atoms with Gasteiger partial charge < -0.3 is 19.7 Å². The van der Waals surface area contributed by atoms with Crippen LogP contribution in [0.4, 0.5) is 0 Å². The molecular formula is C8H13O4U-. The number of hydrogen-bond acceptors (Lipinski definition) is 4. The van der Waals surface area contributed by atoms with Crippen molar-refractivity contribution in [2.24, 2.45) is 0 Å². The largest absolute Gasteiger partial charge is 0.539 e. The molecule has 2 bridgehead atoms. The number of aliphatic hydroxyl groups is 2. The Hall–Kier alpha value is 0.892. The van der Waals surface area contributed by atoms with Gasteiger partial charge in [-0.1, -0.05) is 0 Å². The summed E-state index contributed by atoms with van der Waals surface area (Å²) in [5.74, 6) is 0. The molecule has 2 rings (SSSR count). The van der Waals surface area contributed by atoms with Gasteiger partial charge in [0.25, 0.3) is 0 Å². The Morgan fingerprint density at radius 2 is 2.08 bits per heavy atom. The van der Waals surface area contributed by atoms with E-state index in [0.717, 1.165) is 0 Å². The molecule has 2 heterocycles. The van der Waals surface area contributed by atoms with Crippen molar-refractivity contribution in [3.8, 4) is 0 Å². The molecule has 0 radical (unpaired) electrons. The first-order valence-electron chi connectivity index (χ1n) is 4.01. The van der Waals surface area contributed by atoms with Gasteiger partial charge >= 0.3 is 0 Å². The molecule has 2 saturated heterocycles. The molecule has 2 aliphatic rings. The zero-order valence-corrected chi connectivity index (χ0v) is 11.8. The van der Waals surface area contributed by atoms with Crippen LogP contribution in [0.15, 0.2) is 0 Å². The number of rotatable bonds is 1. The predicted molar refractivity (Wildman–Crippen MR) is 40.2 cm³/mol. The molecule has 0 aromatic heterocycles. The van der Waals surface area contributed by atoms with Gasteiger partial charge in [-0.25, -0.2) is 0 Å². The molecule has 3 atom stereocenters. The molecule has 5 heteroatoms. The molecule has 13 heavy (non-hydrogen) atoms. The van der Waals surface area contributed by atoms with Crippen molar-refractivity contribution in [1.29, 1.82) is 0 Å². The Labute approximate surface area is 101 Å². The van der Waals surface area contributed by atoms with Crippen molar-refractivity contribution in [3.63, 3.8) is 0 Å². The van der Waals surface area contributed by atoms with Crippen molar-refractivity contribution in [3.05, 3.63) is 6.61 Å². The van der Waals surface area contributed by atoms with E-state index >= 15 is 0 Å². The summed E-state index contributed by atoms with van der Waals surface area (Å²) < 4.78 is 10.7. The van der Waals surface area contributed by atoms with Crippen LogP contribution < -0.4 is 0 Å². The van der Waals surface area contributed by atoms with Crippen molar-refractivity contribution in [2.75, 3.05) is 6.61 Å². The van der Waals surface area contributed by atoms with E-state index in [-0.39, 0.29) is 37.7 Å². The van der Waals surface area contributed by atoms with Gasteiger partial charge in [0, 0.05) is 31.1 Å². The normalized spacial score (nSPS) is 46.2. The maximum atomic E-state index is 9.67. The van der Waals surface area contributed by atoms with Gasteiger partial charge in [0.2, 0.25) is 0 Å². The Kier molecular flexibility index (Phi) is 3.20. The summed E-state index contributed by atoms with van der Waals surface area (Å²) in [6.45, 7) is 4.83. The summed E-state index contributed by atoms with van der Waals surface area (Å²) in [4.78, 5) is 0. The van der Waals surface area contributed by atoms with Crippen LogP contribution in [0, 0.1) is 37.7 Å². The van der Waals surface area contributed by atoms with Crippen LogP contribution in [-0.4, -0.2) is 40.2 Å². The van der Waals surface area contributed by atoms with E-state index < -0.39 is 23.4 Å². The molecule has 2 fully saturated rings. The van der Waals surface area contributed by atoms with E-state index in [0.29, 0.717) is 0 Å². The topological polar surface area (TPSA) is 58.9 Å². The van der Waals surface area contributed by atoms with Crippen molar-refractivity contribution in [1.82, 2.24) is 0 Å². The first-order chi connectivity index (χ1) is 5.53. The summed E-state index contributed by atoms with van der Waals surface area (Å²) in [7, 11) is 0. The Bertz CT molecular complexity index is 208. The Balaban J connectivity index is 0.000000845. The van der Waals surface area contributed by atoms with E-state index in [1.807, 2.05) is 0 Å². The van der Waals surface area contributed by atoms with Crippen LogP contribution >= 0.6 is 0 Å². The standard InChI is InChI=1S/C8H13O4.U/c1-7(2)8(4-9)6(10)5(12-7)3-11-8;/h3,5-6,9-10H,4H2,1-2H3;/q-1;/t5-,6-,8+;/m0./s1. The quantitative estimate of drug-likeness (QED) is 0.569. The summed E-state index contributed by atoms with van der Waals surface area (Å²) in [6, 6.07) is 0. The second kappa shape index (κ2) is 3.48. The van der Waals surface area contributed by atoms with E-state index in [1.54, 1.807) is 13.8 Å². The smallest absolute Gasteiger partial charge is 0.114 e. The van der Waals surface area contributed by atoms with Crippen molar-refractivity contribution >= 4 is 0 Å². The fourth-order valence-electron chi connectivity index (χ4n) is 1.95. The monoisotopic (exact) mass is 411 g/mol. The van der Waals surface area contributed by atoms with Gasteiger partial charge in [0.15, 0.2) is 0 Å². The first kappa shape index (κ1) is 12.0. The van der Waals surface area contributed by atoms with E-state index in [9.17, 15) is 5.11 Å². The van der Waals surface area contributed by atoms with E-state index in [2.05, 4.69) is 0 Å². The molecule has 2 N–H and O–H groups in total.